The van der Waals surface area contributed by atoms with Gasteiger partial charge in [0, 0.05) is 31.4 Å². The molecule has 0 saturated carbocycles. The van der Waals surface area contributed by atoms with Crippen LogP contribution in [0.1, 0.15) is 193 Å². The third kappa shape index (κ3) is 26.1. The van der Waals surface area contributed by atoms with Gasteiger partial charge in [0.25, 0.3) is 0 Å². The fraction of sp³-hybridized carbons (Fsp3) is 0.820. The summed E-state index contributed by atoms with van der Waals surface area (Å²) in [6.07, 6.45) is 12.9. The molecule has 1 aromatic heterocycles. The molecule has 0 aromatic carbocycles. The number of aliphatic hydroxyl groups excluding tert-OH is 4. The van der Waals surface area contributed by atoms with E-state index in [0.717, 1.165) is 43.1 Å². The molecule has 2 aliphatic rings. The fourth-order valence-corrected chi connectivity index (χ4v) is 11.1. The van der Waals surface area contributed by atoms with Gasteiger partial charge in [-0.1, -0.05) is 154 Å². The highest BCUT2D eigenvalue weighted by Crippen LogP contribution is 2.60. The zero-order chi connectivity index (χ0) is 53.7. The predicted octanol–water partition coefficient (Wildman–Crippen LogP) is 7.82. The molecular weight excluding hydrogens is 993 g/mol. The highest BCUT2D eigenvalue weighted by molar-refractivity contribution is 7.61. The molecule has 2 aliphatic heterocycles. The first-order valence-corrected chi connectivity index (χ1v) is 29.8. The Morgan fingerprint density at radius 3 is 2.01 bits per heavy atom. The van der Waals surface area contributed by atoms with E-state index in [9.17, 15) is 58.5 Å². The molecule has 2 unspecified atom stereocenters. The fourth-order valence-electron chi connectivity index (χ4n) is 8.99. The number of cyclic esters (lactones) is 1. The largest absolute Gasteiger partial charge is 0.481 e. The van der Waals surface area contributed by atoms with Crippen molar-refractivity contribution in [1.29, 1.82) is 0 Å². The normalized spacial score (nSPS) is 29.2. The number of ether oxygens (including phenoxy) is 3. The monoisotopic (exact) mass is 1080 g/mol. The van der Waals surface area contributed by atoms with Gasteiger partial charge in [-0.05, 0) is 31.7 Å². The maximum atomic E-state index is 14.0. The molecule has 1 aromatic rings. The molecule has 2 fully saturated rings. The number of hydrogen-bond acceptors (Lipinski definition) is 18. The first kappa shape index (κ1) is 64.4. The summed E-state index contributed by atoms with van der Waals surface area (Å²) in [6, 6.07) is 1.25. The molecule has 3 rings (SSSR count). The van der Waals surface area contributed by atoms with Crippen LogP contribution in [-0.4, -0.2) is 114 Å². The van der Waals surface area contributed by atoms with Crippen LogP contribution in [0.3, 0.4) is 0 Å². The number of ketones is 1. The summed E-state index contributed by atoms with van der Waals surface area (Å²) in [7, 11) is -11.3. The number of anilines is 1. The number of phosphoric ester groups is 2. The molecule has 21 nitrogen and oxygen atoms in total. The molecule has 0 radical (unpaired) electrons. The number of nitrogens with two attached hydrogens (primary N) is 1. The Balaban J connectivity index is 1.74. The topological polar surface area (TPSA) is 323 Å². The summed E-state index contributed by atoms with van der Waals surface area (Å²) in [5.74, 6) is -5.01. The molecular formula is C50H87N3O18P2. The third-order valence-corrected chi connectivity index (χ3v) is 15.8. The number of unbranched alkanes of at least 4 members (excludes halogenated alkanes) is 16. The van der Waals surface area contributed by atoms with E-state index in [2.05, 4.69) is 16.2 Å². The van der Waals surface area contributed by atoms with Crippen molar-refractivity contribution in [2.45, 2.75) is 230 Å². The van der Waals surface area contributed by atoms with Crippen molar-refractivity contribution in [2.75, 3.05) is 25.6 Å². The van der Waals surface area contributed by atoms with Crippen LogP contribution in [0.2, 0.25) is 0 Å². The van der Waals surface area contributed by atoms with Crippen molar-refractivity contribution in [3.8, 4) is 0 Å². The number of aliphatic hydroxyl groups is 4. The van der Waals surface area contributed by atoms with Crippen molar-refractivity contribution >= 4 is 39.2 Å². The van der Waals surface area contributed by atoms with Crippen LogP contribution in [0.15, 0.2) is 29.2 Å². The number of esters is 2. The van der Waals surface area contributed by atoms with Gasteiger partial charge in [-0.25, -0.2) is 13.9 Å². The third-order valence-electron chi connectivity index (χ3n) is 13.2. The summed E-state index contributed by atoms with van der Waals surface area (Å²) in [4.78, 5) is 78.1. The smallest absolute Gasteiger partial charge is 0.462 e. The van der Waals surface area contributed by atoms with E-state index in [1.807, 2.05) is 6.92 Å². The molecule has 2 bridgehead atoms. The minimum Gasteiger partial charge on any atom is -0.462 e. The summed E-state index contributed by atoms with van der Waals surface area (Å²) in [6.45, 7) is 1.52. The lowest BCUT2D eigenvalue weighted by molar-refractivity contribution is -0.188. The highest BCUT2D eigenvalue weighted by Gasteiger charge is 2.45. The number of Topliss-reactive ketones (excluding diaryl/α,β-unsaturated/α-hetero) is 1. The molecule has 23 heteroatoms. The minimum absolute atomic E-state index is 0.0583. The second-order valence-electron chi connectivity index (χ2n) is 19.5. The molecule has 3 heterocycles. The number of nitrogen functional groups attached to an aromatic ring is 1. The van der Waals surface area contributed by atoms with Gasteiger partial charge < -0.3 is 50.2 Å². The second kappa shape index (κ2) is 35.4. The SMILES string of the molecule is CCCCCCCCCCCCCCCCCC(=O)OC[C@@H]1COP(=O)(O)OP(=O)(O)OC[C@H]2O[C@@H](n3ccc(N)nc3=O)[C@@H](CCCCCCC(=O)O1)[C@@H](O)CC(=O)[C@H](/C=C\[C@@H](O)CCCCC)[C@H](O)[C@@H]2O. The average molecular weight is 1080 g/mol. The Morgan fingerprint density at radius 2 is 1.40 bits per heavy atom. The Kier molecular flexibility index (Phi) is 31.2. The Bertz CT molecular complexity index is 1940. The molecule has 0 aliphatic carbocycles. The number of carbonyl (C=O) groups excluding carboxylic acids is 3. The quantitative estimate of drug-likeness (QED) is 0.0212. The maximum Gasteiger partial charge on any atom is 0.481 e. The standard InChI is InChI=1S/C50H87N3O18P2/c1-3-5-7-8-9-10-11-12-13-14-15-16-17-18-23-27-45(57)66-34-38-35-67-72(62,63)71-73(64,65)68-36-43-48(60)47(59)39(30-29-37(54)25-21-6-4-2)41(55)33-42(56)40(26-22-19-20-24-28-46(58)69-38)49(70-43)53-32-31-44(51)52-50(53)61/h29-32,37-40,42-43,47-49,54,56,59-60H,3-28,33-36H2,1-2H3,(H,62,63)(H,64,65)(H2,51,52,61)/b30-29-/t37-,38+,39-,40-,42-,43+,47-,48+,49+/m0/s1. The van der Waals surface area contributed by atoms with Crippen LogP contribution in [0.25, 0.3) is 0 Å². The summed E-state index contributed by atoms with van der Waals surface area (Å²) in [5, 5.41) is 45.7. The number of aromatic nitrogens is 2. The van der Waals surface area contributed by atoms with Gasteiger partial charge in [-0.2, -0.15) is 9.29 Å². The second-order valence-corrected chi connectivity index (χ2v) is 22.6. The Hall–Kier alpha value is -2.91. The van der Waals surface area contributed by atoms with E-state index in [1.165, 1.54) is 88.6 Å². The van der Waals surface area contributed by atoms with Crippen molar-refractivity contribution < 1.29 is 81.3 Å². The molecule has 420 valence electrons. The van der Waals surface area contributed by atoms with E-state index in [4.69, 9.17) is 29.0 Å². The van der Waals surface area contributed by atoms with Gasteiger partial charge in [-0.15, -0.1) is 0 Å². The number of fused-ring (bicyclic) bond motifs is 3. The van der Waals surface area contributed by atoms with Crippen LogP contribution in [0, 0.1) is 11.8 Å². The lowest BCUT2D eigenvalue weighted by Crippen LogP contribution is -2.51. The molecule has 0 spiro atoms. The van der Waals surface area contributed by atoms with Crippen LogP contribution >= 0.6 is 15.6 Å². The highest BCUT2D eigenvalue weighted by atomic mass is 31.3. The van der Waals surface area contributed by atoms with E-state index >= 15 is 0 Å². The molecule has 8 N–H and O–H groups in total. The van der Waals surface area contributed by atoms with Crippen molar-refractivity contribution in [3.63, 3.8) is 0 Å². The molecule has 73 heavy (non-hydrogen) atoms. The minimum atomic E-state index is -5.71. The van der Waals surface area contributed by atoms with E-state index in [1.54, 1.807) is 0 Å². The van der Waals surface area contributed by atoms with E-state index < -0.39 is 120 Å². The van der Waals surface area contributed by atoms with Gasteiger partial charge in [-0.3, -0.25) is 28.0 Å². The number of nitrogens with zero attached hydrogens (tertiary/aromatic N) is 2. The lowest BCUT2D eigenvalue weighted by Gasteiger charge is -2.39. The molecule has 2 saturated heterocycles. The zero-order valence-electron chi connectivity index (χ0n) is 43.2. The maximum absolute atomic E-state index is 14.0. The van der Waals surface area contributed by atoms with Crippen LogP contribution in [0.4, 0.5) is 5.82 Å². The van der Waals surface area contributed by atoms with Gasteiger partial charge in [0.2, 0.25) is 0 Å². The van der Waals surface area contributed by atoms with Crippen molar-refractivity contribution in [2.24, 2.45) is 11.8 Å². The van der Waals surface area contributed by atoms with Gasteiger partial charge in [0.15, 0.2) is 6.10 Å². The summed E-state index contributed by atoms with van der Waals surface area (Å²) >= 11 is 0. The number of carbonyl (C=O) groups is 3. The van der Waals surface area contributed by atoms with Gasteiger partial charge >= 0.3 is 33.3 Å². The summed E-state index contributed by atoms with van der Waals surface area (Å²) in [5.41, 5.74) is 4.78. The first-order valence-electron chi connectivity index (χ1n) is 26.8. The van der Waals surface area contributed by atoms with Crippen molar-refractivity contribution in [1.82, 2.24) is 9.55 Å². The Labute approximate surface area is 431 Å². The lowest BCUT2D eigenvalue weighted by atomic mass is 9.83. The van der Waals surface area contributed by atoms with Crippen LogP contribution < -0.4 is 11.4 Å². The Morgan fingerprint density at radius 1 is 0.822 bits per heavy atom. The number of phosphoric acid groups is 2. The van der Waals surface area contributed by atoms with Crippen LogP contribution in [-0.2, 0) is 51.1 Å². The van der Waals surface area contributed by atoms with Gasteiger partial charge in [0.05, 0.1) is 37.4 Å². The first-order chi connectivity index (χ1) is 34.9. The van der Waals surface area contributed by atoms with Gasteiger partial charge in [0.1, 0.15) is 36.6 Å². The predicted molar refractivity (Wildman–Crippen MR) is 271 cm³/mol. The summed E-state index contributed by atoms with van der Waals surface area (Å²) < 4.78 is 59.0. The van der Waals surface area contributed by atoms with E-state index in [-0.39, 0.29) is 31.5 Å². The zero-order valence-corrected chi connectivity index (χ0v) is 45.0. The van der Waals surface area contributed by atoms with E-state index in [0.29, 0.717) is 38.5 Å². The average Bonchev–Trinajstić information content (AvgIpc) is 3.33. The molecule has 11 atom stereocenters. The van der Waals surface area contributed by atoms with Crippen LogP contribution in [0.5, 0.6) is 0 Å². The number of hydrogen-bond donors (Lipinski definition) is 7. The van der Waals surface area contributed by atoms with Crippen molar-refractivity contribution in [3.05, 3.63) is 34.9 Å². The number of rotatable bonds is 25. The molecule has 0 amide bonds.